The van der Waals surface area contributed by atoms with Gasteiger partial charge in [0.25, 0.3) is 0 Å². The van der Waals surface area contributed by atoms with Gasteiger partial charge in [0.2, 0.25) is 0 Å². The lowest BCUT2D eigenvalue weighted by Gasteiger charge is -2.32. The number of rotatable bonds is 3. The first-order valence-electron chi connectivity index (χ1n) is 8.07. The van der Waals surface area contributed by atoms with Gasteiger partial charge in [-0.2, -0.15) is 0 Å². The van der Waals surface area contributed by atoms with Crippen molar-refractivity contribution in [1.29, 1.82) is 0 Å². The van der Waals surface area contributed by atoms with E-state index in [1.807, 2.05) is 6.07 Å². The number of likely N-dealkylation sites (tertiary alicyclic amines) is 1. The van der Waals surface area contributed by atoms with E-state index in [2.05, 4.69) is 29.6 Å². The molecular formula is C19H21FN2O. The van der Waals surface area contributed by atoms with Crippen LogP contribution < -0.4 is 5.32 Å². The fraction of sp³-hybridized carbons (Fsp3) is 0.316. The number of anilines is 1. The van der Waals surface area contributed by atoms with Crippen LogP contribution in [0, 0.1) is 11.7 Å². The van der Waals surface area contributed by atoms with Gasteiger partial charge in [0.1, 0.15) is 5.82 Å². The van der Waals surface area contributed by atoms with E-state index in [0.29, 0.717) is 5.92 Å². The largest absolute Gasteiger partial charge is 0.325 e. The first kappa shape index (κ1) is 15.5. The fourth-order valence-corrected chi connectivity index (χ4v) is 3.04. The molecule has 0 radical (unpaired) electrons. The molecule has 23 heavy (non-hydrogen) atoms. The molecule has 0 aliphatic carbocycles. The second kappa shape index (κ2) is 7.27. The zero-order valence-corrected chi connectivity index (χ0v) is 13.0. The predicted molar refractivity (Wildman–Crippen MR) is 89.9 cm³/mol. The Morgan fingerprint density at radius 2 is 1.70 bits per heavy atom. The molecule has 0 bridgehead atoms. The molecule has 0 saturated carbocycles. The number of urea groups is 1. The van der Waals surface area contributed by atoms with Gasteiger partial charge < -0.3 is 10.2 Å². The van der Waals surface area contributed by atoms with Gasteiger partial charge in [-0.25, -0.2) is 9.18 Å². The van der Waals surface area contributed by atoms with Gasteiger partial charge in [-0.1, -0.05) is 42.5 Å². The van der Waals surface area contributed by atoms with Gasteiger partial charge >= 0.3 is 6.03 Å². The summed E-state index contributed by atoms with van der Waals surface area (Å²) < 4.78 is 13.6. The lowest BCUT2D eigenvalue weighted by molar-refractivity contribution is 0.182. The van der Waals surface area contributed by atoms with Gasteiger partial charge in [-0.05, 0) is 42.9 Å². The summed E-state index contributed by atoms with van der Waals surface area (Å²) in [5, 5.41) is 2.66. The Balaban J connectivity index is 1.50. The van der Waals surface area contributed by atoms with Crippen LogP contribution in [0.3, 0.4) is 0 Å². The molecule has 2 aromatic rings. The average molecular weight is 312 g/mol. The van der Waals surface area contributed by atoms with Crippen LogP contribution in [0.25, 0.3) is 0 Å². The zero-order chi connectivity index (χ0) is 16.1. The average Bonchev–Trinajstić information content (AvgIpc) is 2.58. The van der Waals surface area contributed by atoms with Crippen LogP contribution >= 0.6 is 0 Å². The fourth-order valence-electron chi connectivity index (χ4n) is 3.04. The molecule has 1 aliphatic heterocycles. The van der Waals surface area contributed by atoms with Crippen LogP contribution in [0.4, 0.5) is 14.9 Å². The summed E-state index contributed by atoms with van der Waals surface area (Å²) >= 11 is 0. The molecule has 0 aromatic heterocycles. The van der Waals surface area contributed by atoms with E-state index < -0.39 is 5.82 Å². The third-order valence-electron chi connectivity index (χ3n) is 4.38. The maximum absolute atomic E-state index is 13.6. The molecule has 1 heterocycles. The van der Waals surface area contributed by atoms with Crippen molar-refractivity contribution in [3.05, 3.63) is 66.0 Å². The number of carbonyl (C=O) groups excluding carboxylic acids is 1. The minimum atomic E-state index is -0.403. The van der Waals surface area contributed by atoms with Crippen molar-refractivity contribution in [3.8, 4) is 0 Å². The number of amides is 2. The molecule has 4 heteroatoms. The molecule has 120 valence electrons. The van der Waals surface area contributed by atoms with Gasteiger partial charge in [0, 0.05) is 13.1 Å². The van der Waals surface area contributed by atoms with E-state index in [1.54, 1.807) is 23.1 Å². The normalized spacial score (nSPS) is 15.4. The Morgan fingerprint density at radius 1 is 1.04 bits per heavy atom. The number of nitrogens with zero attached hydrogens (tertiary/aromatic N) is 1. The lowest BCUT2D eigenvalue weighted by atomic mass is 9.90. The quantitative estimate of drug-likeness (QED) is 0.900. The van der Waals surface area contributed by atoms with E-state index in [4.69, 9.17) is 0 Å². The van der Waals surface area contributed by atoms with E-state index in [9.17, 15) is 9.18 Å². The summed E-state index contributed by atoms with van der Waals surface area (Å²) in [4.78, 5) is 14.0. The molecule has 2 aromatic carbocycles. The number of halogens is 1. The highest BCUT2D eigenvalue weighted by Crippen LogP contribution is 2.22. The van der Waals surface area contributed by atoms with Gasteiger partial charge in [0.05, 0.1) is 5.69 Å². The first-order chi connectivity index (χ1) is 11.2. The van der Waals surface area contributed by atoms with Crippen molar-refractivity contribution >= 4 is 11.7 Å². The third-order valence-corrected chi connectivity index (χ3v) is 4.38. The highest BCUT2D eigenvalue weighted by atomic mass is 19.1. The molecule has 0 unspecified atom stereocenters. The first-order valence-corrected chi connectivity index (χ1v) is 8.07. The topological polar surface area (TPSA) is 32.3 Å². The van der Waals surface area contributed by atoms with Gasteiger partial charge in [0.15, 0.2) is 0 Å². The monoisotopic (exact) mass is 312 g/mol. The van der Waals surface area contributed by atoms with Crippen LogP contribution in [-0.4, -0.2) is 24.0 Å². The molecule has 1 fully saturated rings. The van der Waals surface area contributed by atoms with Crippen LogP contribution in [0.2, 0.25) is 0 Å². The number of benzene rings is 2. The van der Waals surface area contributed by atoms with Crippen LogP contribution in [0.1, 0.15) is 18.4 Å². The van der Waals surface area contributed by atoms with Crippen molar-refractivity contribution in [1.82, 2.24) is 4.90 Å². The van der Waals surface area contributed by atoms with Crippen molar-refractivity contribution < 1.29 is 9.18 Å². The van der Waals surface area contributed by atoms with Crippen LogP contribution in [0.5, 0.6) is 0 Å². The number of para-hydroxylation sites is 1. The van der Waals surface area contributed by atoms with Crippen LogP contribution in [-0.2, 0) is 6.42 Å². The molecule has 1 saturated heterocycles. The minimum absolute atomic E-state index is 0.215. The number of carbonyl (C=O) groups is 1. The molecule has 1 aliphatic rings. The number of hydrogen-bond donors (Lipinski definition) is 1. The smallest absolute Gasteiger partial charge is 0.321 e. The highest BCUT2D eigenvalue weighted by Gasteiger charge is 2.23. The summed E-state index contributed by atoms with van der Waals surface area (Å²) in [6.45, 7) is 1.44. The van der Waals surface area contributed by atoms with Crippen molar-refractivity contribution in [2.75, 3.05) is 18.4 Å². The molecule has 3 rings (SSSR count). The Hall–Kier alpha value is -2.36. The number of piperidine rings is 1. The molecular weight excluding hydrogens is 291 g/mol. The Labute approximate surface area is 136 Å². The third kappa shape index (κ3) is 4.09. The van der Waals surface area contributed by atoms with E-state index in [0.717, 1.165) is 32.4 Å². The highest BCUT2D eigenvalue weighted by molar-refractivity contribution is 5.89. The zero-order valence-electron chi connectivity index (χ0n) is 13.0. The summed E-state index contributed by atoms with van der Waals surface area (Å²) in [6.07, 6.45) is 3.03. The van der Waals surface area contributed by atoms with Crippen molar-refractivity contribution in [2.24, 2.45) is 5.92 Å². The predicted octanol–water partition coefficient (Wildman–Crippen LogP) is 4.31. The Kier molecular flexibility index (Phi) is 4.91. The molecule has 2 amide bonds. The second-order valence-corrected chi connectivity index (χ2v) is 6.03. The van der Waals surface area contributed by atoms with E-state index in [1.165, 1.54) is 11.6 Å². The second-order valence-electron chi connectivity index (χ2n) is 6.03. The number of hydrogen-bond acceptors (Lipinski definition) is 1. The molecule has 3 nitrogen and oxygen atoms in total. The Morgan fingerprint density at radius 3 is 2.39 bits per heavy atom. The maximum Gasteiger partial charge on any atom is 0.321 e. The summed E-state index contributed by atoms with van der Waals surface area (Å²) in [6, 6.07) is 16.5. The van der Waals surface area contributed by atoms with Gasteiger partial charge in [-0.15, -0.1) is 0 Å². The molecule has 0 spiro atoms. The van der Waals surface area contributed by atoms with E-state index >= 15 is 0 Å². The van der Waals surface area contributed by atoms with Crippen molar-refractivity contribution in [3.63, 3.8) is 0 Å². The van der Waals surface area contributed by atoms with E-state index in [-0.39, 0.29) is 11.7 Å². The minimum Gasteiger partial charge on any atom is -0.325 e. The standard InChI is InChI=1S/C19H21FN2O/c20-17-8-4-5-9-18(17)21-19(23)22-12-10-16(11-13-22)14-15-6-2-1-3-7-15/h1-9,16H,10-14H2,(H,21,23). The lowest BCUT2D eigenvalue weighted by Crippen LogP contribution is -2.41. The summed E-state index contributed by atoms with van der Waals surface area (Å²) in [5.41, 5.74) is 1.59. The summed E-state index contributed by atoms with van der Waals surface area (Å²) in [7, 11) is 0. The summed E-state index contributed by atoms with van der Waals surface area (Å²) in [5.74, 6) is 0.203. The maximum atomic E-state index is 13.6. The molecule has 1 N–H and O–H groups in total. The van der Waals surface area contributed by atoms with Crippen LogP contribution in [0.15, 0.2) is 54.6 Å². The molecule has 0 atom stereocenters. The Bertz CT molecular complexity index is 651. The SMILES string of the molecule is O=C(Nc1ccccc1F)N1CCC(Cc2ccccc2)CC1. The van der Waals surface area contributed by atoms with Gasteiger partial charge in [-0.3, -0.25) is 0 Å². The van der Waals surface area contributed by atoms with Crippen molar-refractivity contribution in [2.45, 2.75) is 19.3 Å². The number of nitrogens with one attached hydrogen (secondary N) is 1.